The van der Waals surface area contributed by atoms with Gasteiger partial charge in [0.15, 0.2) is 0 Å². The molecule has 7 nitrogen and oxygen atoms in total. The molecule has 160 valence electrons. The Bertz CT molecular complexity index is 958. The number of hydrogen-bond acceptors (Lipinski definition) is 3. The van der Waals surface area contributed by atoms with Crippen LogP contribution in [-0.2, 0) is 9.59 Å². The fourth-order valence-corrected chi connectivity index (χ4v) is 3.72. The average Bonchev–Trinajstić information content (AvgIpc) is 3.01. The van der Waals surface area contributed by atoms with Gasteiger partial charge in [-0.3, -0.25) is 14.4 Å². The van der Waals surface area contributed by atoms with Crippen LogP contribution in [0, 0.1) is 19.7 Å². The lowest BCUT2D eigenvalue weighted by atomic mass is 10.2. The molecular weight excluding hydrogens is 387 g/mol. The van der Waals surface area contributed by atoms with E-state index in [4.69, 9.17) is 0 Å². The van der Waals surface area contributed by atoms with Crippen molar-refractivity contribution in [3.05, 3.63) is 53.1 Å². The molecule has 1 aliphatic rings. The zero-order valence-electron chi connectivity index (χ0n) is 17.7. The van der Waals surface area contributed by atoms with Gasteiger partial charge >= 0.3 is 11.8 Å². The minimum atomic E-state index is -0.618. The van der Waals surface area contributed by atoms with Crippen molar-refractivity contribution in [3.8, 4) is 5.69 Å². The third-order valence-corrected chi connectivity index (χ3v) is 5.21. The van der Waals surface area contributed by atoms with Gasteiger partial charge in [-0.05, 0) is 58.0 Å². The first-order valence-corrected chi connectivity index (χ1v) is 10.0. The summed E-state index contributed by atoms with van der Waals surface area (Å²) in [5.74, 6) is -1.61. The van der Waals surface area contributed by atoms with Crippen molar-refractivity contribution < 1.29 is 18.8 Å². The molecule has 30 heavy (non-hydrogen) atoms. The summed E-state index contributed by atoms with van der Waals surface area (Å²) in [6.45, 7) is 8.70. The maximum Gasteiger partial charge on any atom is 0.312 e. The number of amides is 3. The van der Waals surface area contributed by atoms with E-state index in [2.05, 4.69) is 5.32 Å². The van der Waals surface area contributed by atoms with Crippen LogP contribution in [0.5, 0.6) is 0 Å². The van der Waals surface area contributed by atoms with Gasteiger partial charge in [0.2, 0.25) is 0 Å². The topological polar surface area (TPSA) is 74.7 Å². The van der Waals surface area contributed by atoms with Crippen LogP contribution in [0.2, 0.25) is 0 Å². The second-order valence-corrected chi connectivity index (χ2v) is 7.81. The first-order chi connectivity index (χ1) is 14.2. The van der Waals surface area contributed by atoms with E-state index in [-0.39, 0.29) is 17.8 Å². The minimum Gasteiger partial charge on any atom is -0.346 e. The molecule has 1 N–H and O–H groups in total. The molecule has 0 spiro atoms. The standard InChI is InChI=1S/C22H27FN4O3/c1-14(2)24-20(28)22(30)26-11-9-25(10-12-26)21(29)19-13-15(3)27(16(19)4)18-7-5-17(23)6-8-18/h5-8,13-14H,9-12H2,1-4H3,(H,24,28). The van der Waals surface area contributed by atoms with Gasteiger partial charge in [-0.25, -0.2) is 4.39 Å². The summed E-state index contributed by atoms with van der Waals surface area (Å²) in [5, 5.41) is 2.60. The molecule has 0 aliphatic carbocycles. The van der Waals surface area contributed by atoms with Gasteiger partial charge in [0.05, 0.1) is 5.56 Å². The highest BCUT2D eigenvalue weighted by atomic mass is 19.1. The van der Waals surface area contributed by atoms with Crippen molar-refractivity contribution in [1.29, 1.82) is 0 Å². The fraction of sp³-hybridized carbons (Fsp3) is 0.409. The molecule has 0 unspecified atom stereocenters. The molecule has 1 saturated heterocycles. The molecular formula is C22H27FN4O3. The van der Waals surface area contributed by atoms with Crippen LogP contribution in [0.15, 0.2) is 30.3 Å². The Kier molecular flexibility index (Phi) is 6.24. The quantitative estimate of drug-likeness (QED) is 0.781. The molecule has 2 aromatic rings. The fourth-order valence-electron chi connectivity index (χ4n) is 3.72. The van der Waals surface area contributed by atoms with Crippen LogP contribution in [0.25, 0.3) is 5.69 Å². The Labute approximate surface area is 175 Å². The van der Waals surface area contributed by atoms with Gasteiger partial charge in [-0.15, -0.1) is 0 Å². The van der Waals surface area contributed by atoms with Gasteiger partial charge in [0, 0.05) is 49.3 Å². The first-order valence-electron chi connectivity index (χ1n) is 10.0. The SMILES string of the molecule is Cc1cc(C(=O)N2CCN(C(=O)C(=O)NC(C)C)CC2)c(C)n1-c1ccc(F)cc1. The predicted molar refractivity (Wildman–Crippen MR) is 111 cm³/mol. The average molecular weight is 414 g/mol. The zero-order valence-corrected chi connectivity index (χ0v) is 17.7. The third kappa shape index (κ3) is 4.37. The molecule has 1 aliphatic heterocycles. The number of nitrogens with one attached hydrogen (secondary N) is 1. The van der Waals surface area contributed by atoms with E-state index in [9.17, 15) is 18.8 Å². The van der Waals surface area contributed by atoms with E-state index in [0.29, 0.717) is 31.7 Å². The third-order valence-electron chi connectivity index (χ3n) is 5.21. The first kappa shape index (κ1) is 21.5. The molecule has 0 saturated carbocycles. The van der Waals surface area contributed by atoms with E-state index in [1.807, 2.05) is 24.5 Å². The Hall–Kier alpha value is -3.16. The van der Waals surface area contributed by atoms with Crippen LogP contribution in [-0.4, -0.2) is 64.3 Å². The Morgan fingerprint density at radius 2 is 1.53 bits per heavy atom. The number of carbonyl (C=O) groups excluding carboxylic acids is 3. The zero-order chi connectivity index (χ0) is 22.0. The molecule has 0 bridgehead atoms. The molecule has 0 radical (unpaired) electrons. The summed E-state index contributed by atoms with van der Waals surface area (Å²) in [7, 11) is 0. The lowest BCUT2D eigenvalue weighted by Crippen LogP contribution is -2.54. The number of benzene rings is 1. The number of aromatic nitrogens is 1. The highest BCUT2D eigenvalue weighted by Gasteiger charge is 2.29. The largest absolute Gasteiger partial charge is 0.346 e. The number of halogens is 1. The van der Waals surface area contributed by atoms with E-state index < -0.39 is 11.8 Å². The highest BCUT2D eigenvalue weighted by molar-refractivity contribution is 6.35. The second kappa shape index (κ2) is 8.69. The second-order valence-electron chi connectivity index (χ2n) is 7.81. The van der Waals surface area contributed by atoms with Gasteiger partial charge in [-0.1, -0.05) is 0 Å². The summed E-state index contributed by atoms with van der Waals surface area (Å²) in [6, 6.07) is 7.85. The van der Waals surface area contributed by atoms with Crippen LogP contribution < -0.4 is 5.32 Å². The molecule has 1 aromatic carbocycles. The van der Waals surface area contributed by atoms with E-state index in [0.717, 1.165) is 17.1 Å². The molecule has 1 aromatic heterocycles. The summed E-state index contributed by atoms with van der Waals surface area (Å²) < 4.78 is 15.2. The smallest absolute Gasteiger partial charge is 0.312 e. The monoisotopic (exact) mass is 414 g/mol. The van der Waals surface area contributed by atoms with Crippen LogP contribution in [0.4, 0.5) is 4.39 Å². The number of hydrogen-bond donors (Lipinski definition) is 1. The van der Waals surface area contributed by atoms with Crippen molar-refractivity contribution in [2.75, 3.05) is 26.2 Å². The number of carbonyl (C=O) groups is 3. The minimum absolute atomic E-state index is 0.110. The molecule has 3 amide bonds. The van der Waals surface area contributed by atoms with Crippen LogP contribution >= 0.6 is 0 Å². The predicted octanol–water partition coefficient (Wildman–Crippen LogP) is 2.04. The summed E-state index contributed by atoms with van der Waals surface area (Å²) in [4.78, 5) is 40.4. The van der Waals surface area contributed by atoms with Crippen LogP contribution in [0.3, 0.4) is 0 Å². The summed E-state index contributed by atoms with van der Waals surface area (Å²) >= 11 is 0. The number of piperazine rings is 1. The number of rotatable bonds is 3. The van der Waals surface area contributed by atoms with Crippen molar-refractivity contribution in [1.82, 2.24) is 19.7 Å². The molecule has 2 heterocycles. The Balaban J connectivity index is 1.70. The van der Waals surface area contributed by atoms with Gasteiger partial charge in [0.1, 0.15) is 5.82 Å². The van der Waals surface area contributed by atoms with Gasteiger partial charge in [0.25, 0.3) is 5.91 Å². The lowest BCUT2D eigenvalue weighted by molar-refractivity contribution is -0.147. The van der Waals surface area contributed by atoms with Gasteiger partial charge < -0.3 is 19.7 Å². The van der Waals surface area contributed by atoms with Crippen molar-refractivity contribution in [2.45, 2.75) is 33.7 Å². The molecule has 0 atom stereocenters. The van der Waals surface area contributed by atoms with Crippen LogP contribution in [0.1, 0.15) is 35.6 Å². The summed E-state index contributed by atoms with van der Waals surface area (Å²) in [5.41, 5.74) is 3.02. The van der Waals surface area contributed by atoms with E-state index in [1.165, 1.54) is 17.0 Å². The molecule has 8 heteroatoms. The Morgan fingerprint density at radius 1 is 0.967 bits per heavy atom. The molecule has 1 fully saturated rings. The van der Waals surface area contributed by atoms with Crippen molar-refractivity contribution in [3.63, 3.8) is 0 Å². The van der Waals surface area contributed by atoms with E-state index >= 15 is 0 Å². The van der Waals surface area contributed by atoms with Gasteiger partial charge in [-0.2, -0.15) is 0 Å². The normalized spacial score (nSPS) is 14.2. The maximum atomic E-state index is 13.3. The maximum absolute atomic E-state index is 13.3. The number of nitrogens with zero attached hydrogens (tertiary/aromatic N) is 3. The van der Waals surface area contributed by atoms with E-state index in [1.54, 1.807) is 30.9 Å². The number of aryl methyl sites for hydroxylation is 1. The summed E-state index contributed by atoms with van der Waals surface area (Å²) in [6.07, 6.45) is 0. The molecule has 3 rings (SSSR count). The highest BCUT2D eigenvalue weighted by Crippen LogP contribution is 2.23. The Morgan fingerprint density at radius 3 is 2.10 bits per heavy atom. The van der Waals surface area contributed by atoms with Crippen molar-refractivity contribution >= 4 is 17.7 Å². The lowest BCUT2D eigenvalue weighted by Gasteiger charge is -2.34. The van der Waals surface area contributed by atoms with Crippen molar-refractivity contribution in [2.24, 2.45) is 0 Å².